The third kappa shape index (κ3) is 3.35. The minimum atomic E-state index is -1.04. The van der Waals surface area contributed by atoms with Gasteiger partial charge in [-0.1, -0.05) is 0 Å². The Balaban J connectivity index is 1.99. The molecule has 2 aromatic rings. The lowest BCUT2D eigenvalue weighted by atomic mass is 10.3. The van der Waals surface area contributed by atoms with Crippen LogP contribution in [-0.4, -0.2) is 33.1 Å². The van der Waals surface area contributed by atoms with Crippen LogP contribution < -0.4 is 10.1 Å². The van der Waals surface area contributed by atoms with Crippen molar-refractivity contribution in [1.29, 1.82) is 0 Å². The molecule has 0 aliphatic rings. The molecule has 0 atom stereocenters. The highest BCUT2D eigenvalue weighted by Gasteiger charge is 2.09. The van der Waals surface area contributed by atoms with E-state index in [0.717, 1.165) is 0 Å². The Labute approximate surface area is 114 Å². The molecule has 1 heterocycles. The first-order chi connectivity index (χ1) is 9.56. The zero-order valence-corrected chi connectivity index (χ0v) is 10.7. The molecule has 20 heavy (non-hydrogen) atoms. The Morgan fingerprint density at radius 3 is 2.60 bits per heavy atom. The van der Waals surface area contributed by atoms with Crippen LogP contribution in [0.4, 0.5) is 5.69 Å². The molecule has 0 bridgehead atoms. The van der Waals surface area contributed by atoms with Crippen LogP contribution in [0.25, 0.3) is 0 Å². The van der Waals surface area contributed by atoms with Crippen molar-refractivity contribution in [3.63, 3.8) is 0 Å². The van der Waals surface area contributed by atoms with Crippen molar-refractivity contribution in [2.24, 2.45) is 7.05 Å². The van der Waals surface area contributed by atoms with Gasteiger partial charge in [-0.2, -0.15) is 0 Å². The van der Waals surface area contributed by atoms with Crippen molar-refractivity contribution in [3.05, 3.63) is 42.5 Å². The highest BCUT2D eigenvalue weighted by Crippen LogP contribution is 2.16. The average molecular weight is 275 g/mol. The summed E-state index contributed by atoms with van der Waals surface area (Å²) in [5.41, 5.74) is 1.02. The summed E-state index contributed by atoms with van der Waals surface area (Å²) in [4.78, 5) is 26.1. The van der Waals surface area contributed by atoms with Crippen LogP contribution in [0.3, 0.4) is 0 Å². The molecule has 2 rings (SSSR count). The number of nitrogens with zero attached hydrogens (tertiary/aromatic N) is 2. The van der Waals surface area contributed by atoms with Gasteiger partial charge in [0, 0.05) is 12.7 Å². The second kappa shape index (κ2) is 5.87. The molecule has 0 radical (unpaired) electrons. The van der Waals surface area contributed by atoms with E-state index in [1.54, 1.807) is 35.9 Å². The molecular weight excluding hydrogens is 262 g/mol. The molecule has 1 amide bonds. The Kier molecular flexibility index (Phi) is 3.99. The van der Waals surface area contributed by atoms with Crippen molar-refractivity contribution in [2.75, 3.05) is 11.9 Å². The maximum Gasteiger partial charge on any atom is 0.341 e. The smallest absolute Gasteiger partial charge is 0.341 e. The monoisotopic (exact) mass is 275 g/mol. The fourth-order valence-electron chi connectivity index (χ4n) is 1.55. The van der Waals surface area contributed by atoms with Gasteiger partial charge in [0.05, 0.1) is 12.5 Å². The molecule has 0 aliphatic carbocycles. The van der Waals surface area contributed by atoms with E-state index >= 15 is 0 Å². The molecule has 0 unspecified atom stereocenters. The average Bonchev–Trinajstić information content (AvgIpc) is 2.84. The molecule has 7 heteroatoms. The summed E-state index contributed by atoms with van der Waals surface area (Å²) in [6, 6.07) is 6.43. The molecule has 0 aliphatic heterocycles. The first-order valence-corrected chi connectivity index (χ1v) is 5.78. The number of benzene rings is 1. The van der Waals surface area contributed by atoms with Crippen LogP contribution in [0.5, 0.6) is 5.75 Å². The molecule has 1 aromatic carbocycles. The number of hydrogen-bond acceptors (Lipinski definition) is 4. The predicted molar refractivity (Wildman–Crippen MR) is 70.7 cm³/mol. The van der Waals surface area contributed by atoms with Crippen LogP contribution >= 0.6 is 0 Å². The highest BCUT2D eigenvalue weighted by atomic mass is 16.5. The van der Waals surface area contributed by atoms with E-state index in [1.807, 2.05) is 0 Å². The molecule has 104 valence electrons. The number of aromatic nitrogens is 2. The van der Waals surface area contributed by atoms with Gasteiger partial charge in [0.15, 0.2) is 6.61 Å². The van der Waals surface area contributed by atoms with Gasteiger partial charge in [-0.15, -0.1) is 0 Å². The van der Waals surface area contributed by atoms with E-state index in [-0.39, 0.29) is 5.91 Å². The maximum absolute atomic E-state index is 11.9. The lowest BCUT2D eigenvalue weighted by Gasteiger charge is -2.07. The highest BCUT2D eigenvalue weighted by molar-refractivity contribution is 6.02. The fraction of sp³-hybridized carbons (Fsp3) is 0.154. The number of amides is 1. The molecule has 0 spiro atoms. The molecule has 7 nitrogen and oxygen atoms in total. The van der Waals surface area contributed by atoms with E-state index in [2.05, 4.69) is 10.3 Å². The molecular formula is C13H13N3O4. The summed E-state index contributed by atoms with van der Waals surface area (Å²) < 4.78 is 6.60. The van der Waals surface area contributed by atoms with Gasteiger partial charge in [0.1, 0.15) is 11.4 Å². The SMILES string of the molecule is Cn1cncc1C(=O)Nc1ccc(OCC(=O)O)cc1. The van der Waals surface area contributed by atoms with E-state index in [4.69, 9.17) is 9.84 Å². The number of carboxylic acids is 1. The Hall–Kier alpha value is -2.83. The van der Waals surface area contributed by atoms with Gasteiger partial charge in [0.25, 0.3) is 5.91 Å². The summed E-state index contributed by atoms with van der Waals surface area (Å²) in [6.07, 6.45) is 3.01. The first-order valence-electron chi connectivity index (χ1n) is 5.78. The molecule has 1 aromatic heterocycles. The number of carboxylic acid groups (broad SMARTS) is 1. The third-order valence-electron chi connectivity index (χ3n) is 2.52. The Bertz CT molecular complexity index is 619. The third-order valence-corrected chi connectivity index (χ3v) is 2.52. The summed E-state index contributed by atoms with van der Waals surface area (Å²) in [5, 5.41) is 11.2. The van der Waals surface area contributed by atoms with Crippen LogP contribution in [0.2, 0.25) is 0 Å². The topological polar surface area (TPSA) is 93.5 Å². The zero-order valence-electron chi connectivity index (χ0n) is 10.7. The summed E-state index contributed by atoms with van der Waals surface area (Å²) >= 11 is 0. The normalized spacial score (nSPS) is 10.1. The van der Waals surface area contributed by atoms with Crippen LogP contribution in [0, 0.1) is 0 Å². The summed E-state index contributed by atoms with van der Waals surface area (Å²) in [7, 11) is 1.73. The number of imidazole rings is 1. The predicted octanol–water partition coefficient (Wildman–Crippen LogP) is 1.14. The number of rotatable bonds is 5. The number of aryl methyl sites for hydroxylation is 1. The van der Waals surface area contributed by atoms with Gasteiger partial charge in [-0.25, -0.2) is 9.78 Å². The van der Waals surface area contributed by atoms with E-state index in [9.17, 15) is 9.59 Å². The number of carbonyl (C=O) groups is 2. The van der Waals surface area contributed by atoms with Crippen molar-refractivity contribution in [2.45, 2.75) is 0 Å². The first kappa shape index (κ1) is 13.6. The molecule has 0 saturated carbocycles. The van der Waals surface area contributed by atoms with Gasteiger partial charge in [0.2, 0.25) is 0 Å². The number of anilines is 1. The van der Waals surface area contributed by atoms with Crippen molar-refractivity contribution in [3.8, 4) is 5.75 Å². The van der Waals surface area contributed by atoms with Crippen LogP contribution in [0.15, 0.2) is 36.8 Å². The van der Waals surface area contributed by atoms with Crippen molar-refractivity contribution < 1.29 is 19.4 Å². The lowest BCUT2D eigenvalue weighted by Crippen LogP contribution is -2.15. The second-order valence-corrected chi connectivity index (χ2v) is 4.05. The minimum Gasteiger partial charge on any atom is -0.482 e. The Morgan fingerprint density at radius 1 is 1.35 bits per heavy atom. The summed E-state index contributed by atoms with van der Waals surface area (Å²) in [5.74, 6) is -0.895. The van der Waals surface area contributed by atoms with Gasteiger partial charge in [-0.05, 0) is 24.3 Å². The number of nitrogens with one attached hydrogen (secondary N) is 1. The molecule has 2 N–H and O–H groups in total. The fourth-order valence-corrected chi connectivity index (χ4v) is 1.55. The van der Waals surface area contributed by atoms with E-state index < -0.39 is 12.6 Å². The maximum atomic E-state index is 11.9. The minimum absolute atomic E-state index is 0.274. The Morgan fingerprint density at radius 2 is 2.05 bits per heavy atom. The van der Waals surface area contributed by atoms with E-state index in [1.165, 1.54) is 12.5 Å². The van der Waals surface area contributed by atoms with Gasteiger partial charge < -0.3 is 19.7 Å². The van der Waals surface area contributed by atoms with Gasteiger partial charge >= 0.3 is 5.97 Å². The number of hydrogen-bond donors (Lipinski definition) is 2. The molecule has 0 saturated heterocycles. The quantitative estimate of drug-likeness (QED) is 0.853. The largest absolute Gasteiger partial charge is 0.482 e. The number of aliphatic carboxylic acids is 1. The second-order valence-electron chi connectivity index (χ2n) is 4.05. The van der Waals surface area contributed by atoms with Crippen LogP contribution in [0.1, 0.15) is 10.5 Å². The standard InChI is InChI=1S/C13H13N3O4/c1-16-8-14-6-11(16)13(19)15-9-2-4-10(5-3-9)20-7-12(17)18/h2-6,8H,7H2,1H3,(H,15,19)(H,17,18). The van der Waals surface area contributed by atoms with Gasteiger partial charge in [-0.3, -0.25) is 4.79 Å². The van der Waals surface area contributed by atoms with Crippen molar-refractivity contribution in [1.82, 2.24) is 9.55 Å². The lowest BCUT2D eigenvalue weighted by molar-refractivity contribution is -0.139. The summed E-state index contributed by atoms with van der Waals surface area (Å²) in [6.45, 7) is -0.402. The zero-order chi connectivity index (χ0) is 14.5. The van der Waals surface area contributed by atoms with Crippen molar-refractivity contribution >= 4 is 17.6 Å². The van der Waals surface area contributed by atoms with E-state index in [0.29, 0.717) is 17.1 Å². The number of carbonyl (C=O) groups excluding carboxylic acids is 1. The van der Waals surface area contributed by atoms with Crippen LogP contribution in [-0.2, 0) is 11.8 Å². The molecule has 0 fully saturated rings. The number of ether oxygens (including phenoxy) is 1.